The second-order valence-electron chi connectivity index (χ2n) is 4.27. The van der Waals surface area contributed by atoms with E-state index in [1.54, 1.807) is 0 Å². The van der Waals surface area contributed by atoms with Crippen molar-refractivity contribution in [3.8, 4) is 6.07 Å². The molecule has 3 N–H and O–H groups in total. The lowest BCUT2D eigenvalue weighted by Crippen LogP contribution is -2.42. The summed E-state index contributed by atoms with van der Waals surface area (Å²) in [4.78, 5) is 12.8. The highest BCUT2D eigenvalue weighted by molar-refractivity contribution is 7.10. The third-order valence-electron chi connectivity index (χ3n) is 3.14. The monoisotopic (exact) mass is 249 g/mol. The summed E-state index contributed by atoms with van der Waals surface area (Å²) < 4.78 is 0. The standard InChI is InChI=1S/C12H15N3OS/c13-7-8-3-1-4-9(8)15-12(16)11(14)10-5-2-6-17-10/h2,5-6,8-9,11H,1,3-4,14H2,(H,15,16). The predicted octanol–water partition coefficient (Wildman–Crippen LogP) is 1.56. The Labute approximate surface area is 104 Å². The van der Waals surface area contributed by atoms with Gasteiger partial charge in [-0.25, -0.2) is 0 Å². The van der Waals surface area contributed by atoms with Crippen LogP contribution >= 0.6 is 11.3 Å². The number of carbonyl (C=O) groups excluding carboxylic acids is 1. The van der Waals surface area contributed by atoms with Gasteiger partial charge in [0, 0.05) is 10.9 Å². The van der Waals surface area contributed by atoms with Crippen molar-refractivity contribution < 1.29 is 4.79 Å². The van der Waals surface area contributed by atoms with Gasteiger partial charge in [0.15, 0.2) is 0 Å². The molecule has 1 heterocycles. The number of carbonyl (C=O) groups is 1. The number of amides is 1. The zero-order valence-electron chi connectivity index (χ0n) is 9.43. The first-order chi connectivity index (χ1) is 8.22. The molecule has 1 saturated carbocycles. The summed E-state index contributed by atoms with van der Waals surface area (Å²) in [6.45, 7) is 0. The number of rotatable bonds is 3. The first-order valence-electron chi connectivity index (χ1n) is 5.71. The molecule has 0 spiro atoms. The molecule has 0 bridgehead atoms. The van der Waals surface area contributed by atoms with E-state index >= 15 is 0 Å². The number of thiophene rings is 1. The molecule has 1 aliphatic carbocycles. The molecule has 5 heteroatoms. The van der Waals surface area contributed by atoms with Gasteiger partial charge >= 0.3 is 0 Å². The topological polar surface area (TPSA) is 78.9 Å². The second kappa shape index (κ2) is 5.30. The Morgan fingerprint density at radius 3 is 3.12 bits per heavy atom. The van der Waals surface area contributed by atoms with Crippen molar-refractivity contribution in [1.82, 2.24) is 5.32 Å². The van der Waals surface area contributed by atoms with Gasteiger partial charge in [-0.05, 0) is 30.7 Å². The molecule has 3 atom stereocenters. The zero-order chi connectivity index (χ0) is 12.3. The zero-order valence-corrected chi connectivity index (χ0v) is 10.2. The molecule has 1 aliphatic rings. The summed E-state index contributed by atoms with van der Waals surface area (Å²) in [5, 5.41) is 13.7. The summed E-state index contributed by atoms with van der Waals surface area (Å²) >= 11 is 1.47. The van der Waals surface area contributed by atoms with Crippen LogP contribution in [0.25, 0.3) is 0 Å². The van der Waals surface area contributed by atoms with E-state index in [1.807, 2.05) is 17.5 Å². The minimum Gasteiger partial charge on any atom is -0.350 e. The van der Waals surface area contributed by atoms with Crippen molar-refractivity contribution in [1.29, 1.82) is 5.26 Å². The smallest absolute Gasteiger partial charge is 0.242 e. The van der Waals surface area contributed by atoms with E-state index in [0.717, 1.165) is 24.1 Å². The van der Waals surface area contributed by atoms with Gasteiger partial charge in [-0.15, -0.1) is 11.3 Å². The molecule has 0 saturated heterocycles. The minimum atomic E-state index is -0.616. The van der Waals surface area contributed by atoms with Gasteiger partial charge in [0.2, 0.25) is 5.91 Å². The molecule has 0 aromatic carbocycles. The van der Waals surface area contributed by atoms with Gasteiger partial charge < -0.3 is 11.1 Å². The summed E-state index contributed by atoms with van der Waals surface area (Å²) in [5.41, 5.74) is 5.86. The normalized spacial score (nSPS) is 25.2. The fourth-order valence-electron chi connectivity index (χ4n) is 2.16. The Bertz CT molecular complexity index is 423. The molecule has 1 aromatic heterocycles. The largest absolute Gasteiger partial charge is 0.350 e. The Morgan fingerprint density at radius 2 is 2.47 bits per heavy atom. The molecule has 17 heavy (non-hydrogen) atoms. The van der Waals surface area contributed by atoms with E-state index in [4.69, 9.17) is 11.0 Å². The molecule has 90 valence electrons. The lowest BCUT2D eigenvalue weighted by Gasteiger charge is -2.18. The van der Waals surface area contributed by atoms with Crippen LogP contribution in [0.4, 0.5) is 0 Å². The first kappa shape index (κ1) is 12.1. The van der Waals surface area contributed by atoms with Gasteiger partial charge in [-0.1, -0.05) is 6.07 Å². The number of hydrogen-bond acceptors (Lipinski definition) is 4. The quantitative estimate of drug-likeness (QED) is 0.853. The Kier molecular flexibility index (Phi) is 3.77. The van der Waals surface area contributed by atoms with Crippen LogP contribution in [-0.2, 0) is 4.79 Å². The molecule has 1 aromatic rings. The van der Waals surface area contributed by atoms with E-state index in [9.17, 15) is 4.79 Å². The van der Waals surface area contributed by atoms with E-state index in [1.165, 1.54) is 11.3 Å². The van der Waals surface area contributed by atoms with E-state index in [2.05, 4.69) is 11.4 Å². The Morgan fingerprint density at radius 1 is 1.65 bits per heavy atom. The van der Waals surface area contributed by atoms with Crippen molar-refractivity contribution >= 4 is 17.2 Å². The van der Waals surface area contributed by atoms with Gasteiger partial charge in [-0.3, -0.25) is 4.79 Å². The molecule has 1 amide bonds. The number of nitriles is 1. The molecular weight excluding hydrogens is 234 g/mol. The summed E-state index contributed by atoms with van der Waals surface area (Å²) in [6.07, 6.45) is 2.74. The SMILES string of the molecule is N#CC1CCCC1NC(=O)C(N)c1cccs1. The number of nitrogens with zero attached hydrogens (tertiary/aromatic N) is 1. The highest BCUT2D eigenvalue weighted by atomic mass is 32.1. The maximum absolute atomic E-state index is 11.9. The van der Waals surface area contributed by atoms with Crippen LogP contribution < -0.4 is 11.1 Å². The van der Waals surface area contributed by atoms with E-state index < -0.39 is 6.04 Å². The average molecular weight is 249 g/mol. The van der Waals surface area contributed by atoms with Crippen LogP contribution in [0.5, 0.6) is 0 Å². The Balaban J connectivity index is 1.95. The van der Waals surface area contributed by atoms with E-state index in [-0.39, 0.29) is 17.9 Å². The maximum atomic E-state index is 11.9. The molecule has 0 radical (unpaired) electrons. The number of nitrogens with one attached hydrogen (secondary N) is 1. The van der Waals surface area contributed by atoms with Gasteiger partial charge in [-0.2, -0.15) is 5.26 Å². The van der Waals surface area contributed by atoms with Crippen molar-refractivity contribution in [2.45, 2.75) is 31.3 Å². The maximum Gasteiger partial charge on any atom is 0.242 e. The van der Waals surface area contributed by atoms with Crippen LogP contribution in [0.15, 0.2) is 17.5 Å². The number of hydrogen-bond donors (Lipinski definition) is 2. The molecular formula is C12H15N3OS. The van der Waals surface area contributed by atoms with Crippen LogP contribution in [-0.4, -0.2) is 11.9 Å². The average Bonchev–Trinajstić information content (AvgIpc) is 2.98. The summed E-state index contributed by atoms with van der Waals surface area (Å²) in [5.74, 6) is -0.242. The molecule has 0 aliphatic heterocycles. The van der Waals surface area contributed by atoms with Crippen LogP contribution in [0.1, 0.15) is 30.2 Å². The fraction of sp³-hybridized carbons (Fsp3) is 0.500. The third kappa shape index (κ3) is 2.65. The highest BCUT2D eigenvalue weighted by Gasteiger charge is 2.30. The van der Waals surface area contributed by atoms with Crippen molar-refractivity contribution in [2.75, 3.05) is 0 Å². The summed E-state index contributed by atoms with van der Waals surface area (Å²) in [7, 11) is 0. The molecule has 1 fully saturated rings. The number of nitrogens with two attached hydrogens (primary N) is 1. The molecule has 2 rings (SSSR count). The lowest BCUT2D eigenvalue weighted by molar-refractivity contribution is -0.123. The minimum absolute atomic E-state index is 0.0292. The van der Waals surface area contributed by atoms with Crippen LogP contribution in [0.3, 0.4) is 0 Å². The molecule has 4 nitrogen and oxygen atoms in total. The summed E-state index contributed by atoms with van der Waals surface area (Å²) in [6, 6.07) is 5.32. The van der Waals surface area contributed by atoms with Crippen molar-refractivity contribution in [2.24, 2.45) is 11.7 Å². The van der Waals surface area contributed by atoms with E-state index in [0.29, 0.717) is 0 Å². The fourth-order valence-corrected chi connectivity index (χ4v) is 2.88. The predicted molar refractivity (Wildman–Crippen MR) is 66.1 cm³/mol. The second-order valence-corrected chi connectivity index (χ2v) is 5.25. The van der Waals surface area contributed by atoms with Gasteiger partial charge in [0.1, 0.15) is 6.04 Å². The Hall–Kier alpha value is -1.38. The van der Waals surface area contributed by atoms with Crippen molar-refractivity contribution in [3.05, 3.63) is 22.4 Å². The van der Waals surface area contributed by atoms with Gasteiger partial charge in [0.05, 0.1) is 12.0 Å². The lowest BCUT2D eigenvalue weighted by atomic mass is 10.1. The highest BCUT2D eigenvalue weighted by Crippen LogP contribution is 2.25. The third-order valence-corrected chi connectivity index (χ3v) is 4.10. The van der Waals surface area contributed by atoms with Crippen LogP contribution in [0.2, 0.25) is 0 Å². The van der Waals surface area contributed by atoms with Crippen LogP contribution in [0, 0.1) is 17.2 Å². The van der Waals surface area contributed by atoms with Gasteiger partial charge in [0.25, 0.3) is 0 Å². The van der Waals surface area contributed by atoms with Crippen molar-refractivity contribution in [3.63, 3.8) is 0 Å². The first-order valence-corrected chi connectivity index (χ1v) is 6.59. The molecule has 3 unspecified atom stereocenters.